The van der Waals surface area contributed by atoms with Crippen molar-refractivity contribution in [1.82, 2.24) is 10.6 Å². The Morgan fingerprint density at radius 2 is 1.96 bits per heavy atom. The molecule has 0 spiro atoms. The van der Waals surface area contributed by atoms with Gasteiger partial charge in [-0.2, -0.15) is 0 Å². The summed E-state index contributed by atoms with van der Waals surface area (Å²) in [7, 11) is 0. The highest BCUT2D eigenvalue weighted by molar-refractivity contribution is 5.96. The van der Waals surface area contributed by atoms with Crippen molar-refractivity contribution in [3.63, 3.8) is 0 Å². The van der Waals surface area contributed by atoms with Gasteiger partial charge in [0.2, 0.25) is 5.76 Å². The van der Waals surface area contributed by atoms with Gasteiger partial charge in [0.1, 0.15) is 5.58 Å². The lowest BCUT2D eigenvalue weighted by molar-refractivity contribution is -0.123. The number of carbonyl (C=O) groups excluding carboxylic acids is 3. The molecule has 0 unspecified atom stereocenters. The Hall–Kier alpha value is -3.16. The fraction of sp³-hybridized carbons (Fsp3) is 0.333. The fourth-order valence-electron chi connectivity index (χ4n) is 2.10. The summed E-state index contributed by atoms with van der Waals surface area (Å²) in [6.07, 6.45) is 0.705. The molecule has 2 aromatic rings. The number of amides is 3. The van der Waals surface area contributed by atoms with Crippen LogP contribution >= 0.6 is 0 Å². The van der Waals surface area contributed by atoms with E-state index < -0.39 is 24.5 Å². The molecule has 26 heavy (non-hydrogen) atoms. The molecule has 1 atom stereocenters. The minimum absolute atomic E-state index is 0.0964. The number of fused-ring (bicyclic) bond motifs is 1. The molecule has 0 radical (unpaired) electrons. The molecule has 1 aromatic carbocycles. The number of hydrogen-bond donors (Lipinski definition) is 2. The third kappa shape index (κ3) is 4.92. The van der Waals surface area contributed by atoms with E-state index in [2.05, 4.69) is 5.32 Å². The van der Waals surface area contributed by atoms with Crippen LogP contribution in [0.1, 0.15) is 36.4 Å². The van der Waals surface area contributed by atoms with Crippen LogP contribution in [0.3, 0.4) is 0 Å². The molecular weight excluding hydrogens is 340 g/mol. The summed E-state index contributed by atoms with van der Waals surface area (Å²) >= 11 is 0. The molecule has 2 N–H and O–H groups in total. The Balaban J connectivity index is 1.99. The largest absolute Gasteiger partial charge is 0.450 e. The van der Waals surface area contributed by atoms with Crippen LogP contribution in [0.25, 0.3) is 11.0 Å². The van der Waals surface area contributed by atoms with Crippen molar-refractivity contribution in [2.45, 2.75) is 33.2 Å². The zero-order valence-corrected chi connectivity index (χ0v) is 14.8. The van der Waals surface area contributed by atoms with E-state index in [4.69, 9.17) is 9.15 Å². The van der Waals surface area contributed by atoms with Crippen molar-refractivity contribution < 1.29 is 23.5 Å². The molecule has 0 bridgehead atoms. The van der Waals surface area contributed by atoms with E-state index in [1.165, 1.54) is 0 Å². The second-order valence-electron chi connectivity index (χ2n) is 5.88. The van der Waals surface area contributed by atoms with Crippen LogP contribution in [0.2, 0.25) is 0 Å². The predicted octanol–water partition coefficient (Wildman–Crippen LogP) is 1.88. The third-order valence-corrected chi connectivity index (χ3v) is 3.66. The number of urea groups is 1. The maximum Gasteiger partial charge on any atom is 0.374 e. The quantitative estimate of drug-likeness (QED) is 0.787. The second kappa shape index (κ2) is 8.28. The predicted molar refractivity (Wildman–Crippen MR) is 93.9 cm³/mol. The minimum Gasteiger partial charge on any atom is -0.450 e. The van der Waals surface area contributed by atoms with E-state index >= 15 is 0 Å². The minimum atomic E-state index is -0.970. The van der Waals surface area contributed by atoms with Gasteiger partial charge < -0.3 is 14.5 Å². The van der Waals surface area contributed by atoms with Crippen molar-refractivity contribution in [1.29, 1.82) is 0 Å². The maximum absolute atomic E-state index is 12.1. The second-order valence-corrected chi connectivity index (χ2v) is 5.88. The van der Waals surface area contributed by atoms with Gasteiger partial charge >= 0.3 is 12.0 Å². The topological polar surface area (TPSA) is 115 Å². The summed E-state index contributed by atoms with van der Waals surface area (Å²) in [6.45, 7) is 4.82. The van der Waals surface area contributed by atoms with Crippen LogP contribution < -0.4 is 16.1 Å². The lowest BCUT2D eigenvalue weighted by atomic mass is 10.1. The van der Waals surface area contributed by atoms with Crippen LogP contribution in [0, 0.1) is 6.92 Å². The van der Waals surface area contributed by atoms with Crippen LogP contribution in [0.5, 0.6) is 0 Å². The highest BCUT2D eigenvalue weighted by Gasteiger charge is 2.17. The maximum atomic E-state index is 12.1. The molecule has 3 amide bonds. The summed E-state index contributed by atoms with van der Waals surface area (Å²) in [4.78, 5) is 47.2. The molecule has 0 fully saturated rings. The van der Waals surface area contributed by atoms with Gasteiger partial charge in [-0.3, -0.25) is 14.9 Å². The first-order valence-corrected chi connectivity index (χ1v) is 8.12. The first kappa shape index (κ1) is 19.2. The Labute approximate surface area is 149 Å². The smallest absolute Gasteiger partial charge is 0.374 e. The number of imide groups is 1. The van der Waals surface area contributed by atoms with Gasteiger partial charge in [-0.15, -0.1) is 0 Å². The van der Waals surface area contributed by atoms with Gasteiger partial charge in [0.05, 0.1) is 5.39 Å². The normalized spacial score (nSPS) is 11.7. The average molecular weight is 360 g/mol. The lowest BCUT2D eigenvalue weighted by Crippen LogP contribution is -2.44. The Morgan fingerprint density at radius 1 is 1.23 bits per heavy atom. The van der Waals surface area contributed by atoms with Gasteiger partial charge in [0, 0.05) is 12.1 Å². The summed E-state index contributed by atoms with van der Waals surface area (Å²) < 4.78 is 10.1. The van der Waals surface area contributed by atoms with Crippen molar-refractivity contribution in [2.24, 2.45) is 0 Å². The van der Waals surface area contributed by atoms with Gasteiger partial charge in [-0.1, -0.05) is 18.6 Å². The van der Waals surface area contributed by atoms with Crippen LogP contribution in [0.4, 0.5) is 4.79 Å². The zero-order valence-electron chi connectivity index (χ0n) is 14.8. The number of benzene rings is 1. The van der Waals surface area contributed by atoms with E-state index in [9.17, 15) is 19.2 Å². The summed E-state index contributed by atoms with van der Waals surface area (Å²) in [6, 6.07) is 5.21. The summed E-state index contributed by atoms with van der Waals surface area (Å²) in [5.74, 6) is -2.08. The van der Waals surface area contributed by atoms with E-state index in [0.717, 1.165) is 11.6 Å². The molecule has 138 valence electrons. The van der Waals surface area contributed by atoms with E-state index in [-0.39, 0.29) is 22.8 Å². The Kier molecular flexibility index (Phi) is 6.11. The van der Waals surface area contributed by atoms with E-state index in [0.29, 0.717) is 11.8 Å². The average Bonchev–Trinajstić information content (AvgIpc) is 2.59. The number of nitrogens with one attached hydrogen (secondary N) is 2. The van der Waals surface area contributed by atoms with Gasteiger partial charge in [-0.05, 0) is 32.4 Å². The van der Waals surface area contributed by atoms with Crippen molar-refractivity contribution in [3.05, 3.63) is 45.8 Å². The third-order valence-electron chi connectivity index (χ3n) is 3.66. The Bertz CT molecular complexity index is 902. The molecule has 0 aliphatic rings. The molecular formula is C18H20N2O6. The van der Waals surface area contributed by atoms with Crippen molar-refractivity contribution in [2.75, 3.05) is 6.61 Å². The number of carbonyl (C=O) groups is 3. The molecule has 0 aliphatic heterocycles. The molecule has 8 heteroatoms. The number of rotatable bonds is 5. The van der Waals surface area contributed by atoms with Gasteiger partial charge in [-0.25, -0.2) is 9.59 Å². The lowest BCUT2D eigenvalue weighted by Gasteiger charge is -2.11. The van der Waals surface area contributed by atoms with Crippen LogP contribution in [-0.4, -0.2) is 30.6 Å². The first-order chi connectivity index (χ1) is 12.3. The first-order valence-electron chi connectivity index (χ1n) is 8.12. The molecule has 8 nitrogen and oxygen atoms in total. The number of aryl methyl sites for hydroxylation is 1. The van der Waals surface area contributed by atoms with E-state index in [1.54, 1.807) is 25.1 Å². The van der Waals surface area contributed by atoms with E-state index in [1.807, 2.05) is 19.2 Å². The molecule has 0 saturated heterocycles. The number of hydrogen-bond acceptors (Lipinski definition) is 6. The summed E-state index contributed by atoms with van der Waals surface area (Å²) in [5, 5.41) is 4.93. The van der Waals surface area contributed by atoms with Crippen molar-refractivity contribution in [3.8, 4) is 0 Å². The highest BCUT2D eigenvalue weighted by Crippen LogP contribution is 2.14. The monoisotopic (exact) mass is 360 g/mol. The summed E-state index contributed by atoms with van der Waals surface area (Å²) in [5.41, 5.74) is 0.735. The van der Waals surface area contributed by atoms with Crippen LogP contribution in [0.15, 0.2) is 33.5 Å². The zero-order chi connectivity index (χ0) is 19.3. The number of esters is 1. The van der Waals surface area contributed by atoms with Crippen LogP contribution in [-0.2, 0) is 9.53 Å². The standard InChI is InChI=1S/C18H20N2O6/c1-4-11(3)19-18(24)20-16(22)9-25-17(23)15-8-13(21)12-7-10(2)5-6-14(12)26-15/h5-8,11H,4,9H2,1-3H3,(H2,19,20,22,24)/t11-/m0/s1. The molecule has 0 saturated carbocycles. The number of ether oxygens (including phenoxy) is 1. The SMILES string of the molecule is CC[C@H](C)NC(=O)NC(=O)COC(=O)c1cc(=O)c2cc(C)ccc2o1. The Morgan fingerprint density at radius 3 is 2.65 bits per heavy atom. The van der Waals surface area contributed by atoms with Gasteiger partial charge in [0.15, 0.2) is 12.0 Å². The molecule has 1 heterocycles. The molecule has 0 aliphatic carbocycles. The van der Waals surface area contributed by atoms with Gasteiger partial charge in [0.25, 0.3) is 5.91 Å². The van der Waals surface area contributed by atoms with Crippen molar-refractivity contribution >= 4 is 28.9 Å². The highest BCUT2D eigenvalue weighted by atomic mass is 16.5. The molecule has 1 aromatic heterocycles. The fourth-order valence-corrected chi connectivity index (χ4v) is 2.10. The molecule has 2 rings (SSSR count).